The Bertz CT molecular complexity index is 195. The van der Waals surface area contributed by atoms with Crippen LogP contribution in [0.5, 0.6) is 0 Å². The maximum atomic E-state index is 10.9. The summed E-state index contributed by atoms with van der Waals surface area (Å²) in [4.78, 5) is 13.2. The summed E-state index contributed by atoms with van der Waals surface area (Å²) < 4.78 is 10.6. The second kappa shape index (κ2) is 10.7. The van der Waals surface area contributed by atoms with Crippen LogP contribution in [0, 0.1) is 0 Å². The van der Waals surface area contributed by atoms with E-state index in [2.05, 4.69) is 25.8 Å². The standard InChI is InChI=1S/C13H27NO3/c1-5-13(15)11-17-10-9-16-8-6-7-14(4)12(2)3/h12H,5-11H2,1-4H3. The number of ether oxygens (including phenoxy) is 2. The minimum absolute atomic E-state index is 0.142. The zero-order valence-corrected chi connectivity index (χ0v) is 11.7. The van der Waals surface area contributed by atoms with E-state index in [1.165, 1.54) is 0 Å². The van der Waals surface area contributed by atoms with E-state index >= 15 is 0 Å². The second-order valence-corrected chi connectivity index (χ2v) is 4.49. The van der Waals surface area contributed by atoms with Gasteiger partial charge in [-0.05, 0) is 27.3 Å². The maximum absolute atomic E-state index is 10.9. The third-order valence-corrected chi connectivity index (χ3v) is 2.71. The van der Waals surface area contributed by atoms with Gasteiger partial charge in [-0.15, -0.1) is 0 Å². The van der Waals surface area contributed by atoms with Gasteiger partial charge in [0.1, 0.15) is 6.61 Å². The van der Waals surface area contributed by atoms with Crippen molar-refractivity contribution in [1.82, 2.24) is 4.90 Å². The number of hydrogen-bond acceptors (Lipinski definition) is 4. The van der Waals surface area contributed by atoms with Crippen molar-refractivity contribution < 1.29 is 14.3 Å². The third kappa shape index (κ3) is 10.4. The minimum Gasteiger partial charge on any atom is -0.379 e. The van der Waals surface area contributed by atoms with E-state index in [0.717, 1.165) is 19.6 Å². The van der Waals surface area contributed by atoms with Gasteiger partial charge in [0.15, 0.2) is 5.78 Å². The topological polar surface area (TPSA) is 38.8 Å². The van der Waals surface area contributed by atoms with Crippen LogP contribution in [-0.4, -0.2) is 56.7 Å². The highest BCUT2D eigenvalue weighted by atomic mass is 16.5. The third-order valence-electron chi connectivity index (χ3n) is 2.71. The van der Waals surface area contributed by atoms with Gasteiger partial charge in [-0.1, -0.05) is 6.92 Å². The number of hydrogen-bond donors (Lipinski definition) is 0. The van der Waals surface area contributed by atoms with E-state index in [9.17, 15) is 4.79 Å². The second-order valence-electron chi connectivity index (χ2n) is 4.49. The first-order valence-corrected chi connectivity index (χ1v) is 6.45. The molecule has 0 saturated carbocycles. The molecule has 0 N–H and O–H groups in total. The van der Waals surface area contributed by atoms with Crippen LogP contribution in [0.25, 0.3) is 0 Å². The number of carbonyl (C=O) groups is 1. The molecule has 0 aromatic rings. The van der Waals surface area contributed by atoms with Crippen molar-refractivity contribution in [3.63, 3.8) is 0 Å². The predicted molar refractivity (Wildman–Crippen MR) is 69.3 cm³/mol. The Morgan fingerprint density at radius 1 is 1.18 bits per heavy atom. The highest BCUT2D eigenvalue weighted by molar-refractivity contribution is 5.79. The fourth-order valence-corrected chi connectivity index (χ4v) is 1.18. The zero-order valence-electron chi connectivity index (χ0n) is 11.7. The van der Waals surface area contributed by atoms with Gasteiger partial charge in [-0.25, -0.2) is 0 Å². The number of carbonyl (C=O) groups excluding carboxylic acids is 1. The quantitative estimate of drug-likeness (QED) is 0.520. The summed E-state index contributed by atoms with van der Waals surface area (Å²) in [5, 5.41) is 0. The Labute approximate surface area is 105 Å². The molecule has 0 aliphatic rings. The molecule has 4 heteroatoms. The molecule has 0 amide bonds. The lowest BCUT2D eigenvalue weighted by Crippen LogP contribution is -2.28. The predicted octanol–water partition coefficient (Wildman–Crippen LogP) is 1.73. The first kappa shape index (κ1) is 16.6. The normalized spacial score (nSPS) is 11.4. The van der Waals surface area contributed by atoms with Crippen LogP contribution in [0.2, 0.25) is 0 Å². The zero-order chi connectivity index (χ0) is 13.1. The molecule has 0 saturated heterocycles. The van der Waals surface area contributed by atoms with Gasteiger partial charge in [0, 0.05) is 25.6 Å². The number of Topliss-reactive ketones (excluding diaryl/α,β-unsaturated/α-hetero) is 1. The minimum atomic E-state index is 0.142. The largest absolute Gasteiger partial charge is 0.379 e. The molecule has 0 rings (SSSR count). The van der Waals surface area contributed by atoms with E-state index < -0.39 is 0 Å². The molecule has 0 heterocycles. The maximum Gasteiger partial charge on any atom is 0.158 e. The van der Waals surface area contributed by atoms with Crippen molar-refractivity contribution in [3.05, 3.63) is 0 Å². The Morgan fingerprint density at radius 3 is 2.41 bits per heavy atom. The summed E-state index contributed by atoms with van der Waals surface area (Å²) in [6, 6.07) is 0.582. The molecule has 0 unspecified atom stereocenters. The fraction of sp³-hybridized carbons (Fsp3) is 0.923. The summed E-state index contributed by atoms with van der Waals surface area (Å²) in [5.74, 6) is 0.142. The van der Waals surface area contributed by atoms with Crippen molar-refractivity contribution in [2.45, 2.75) is 39.7 Å². The molecule has 0 aliphatic heterocycles. The van der Waals surface area contributed by atoms with Crippen molar-refractivity contribution in [1.29, 1.82) is 0 Å². The Kier molecular flexibility index (Phi) is 10.4. The number of ketones is 1. The molecule has 0 aliphatic carbocycles. The highest BCUT2D eigenvalue weighted by Crippen LogP contribution is 1.95. The number of nitrogens with zero attached hydrogens (tertiary/aromatic N) is 1. The first-order valence-electron chi connectivity index (χ1n) is 6.45. The van der Waals surface area contributed by atoms with Gasteiger partial charge < -0.3 is 14.4 Å². The van der Waals surface area contributed by atoms with Crippen molar-refractivity contribution in [2.75, 3.05) is 40.0 Å². The van der Waals surface area contributed by atoms with Gasteiger partial charge in [0.2, 0.25) is 0 Å². The summed E-state index contributed by atoms with van der Waals surface area (Å²) in [7, 11) is 2.12. The van der Waals surface area contributed by atoms with Gasteiger partial charge in [0.25, 0.3) is 0 Å². The molecule has 102 valence electrons. The molecule has 0 aromatic carbocycles. The molecule has 0 spiro atoms. The highest BCUT2D eigenvalue weighted by Gasteiger charge is 2.02. The SMILES string of the molecule is CCC(=O)COCCOCCCN(C)C(C)C. The van der Waals surface area contributed by atoms with E-state index in [0.29, 0.717) is 25.7 Å². The number of rotatable bonds is 11. The molecule has 0 bridgehead atoms. The summed E-state index contributed by atoms with van der Waals surface area (Å²) >= 11 is 0. The average molecular weight is 245 g/mol. The fourth-order valence-electron chi connectivity index (χ4n) is 1.18. The van der Waals surface area contributed by atoms with Crippen LogP contribution in [0.1, 0.15) is 33.6 Å². The summed E-state index contributed by atoms with van der Waals surface area (Å²) in [6.45, 7) is 9.30. The average Bonchev–Trinajstić information content (AvgIpc) is 2.31. The lowest BCUT2D eigenvalue weighted by atomic mass is 10.3. The van der Waals surface area contributed by atoms with Crippen LogP contribution < -0.4 is 0 Å². The smallest absolute Gasteiger partial charge is 0.158 e. The van der Waals surface area contributed by atoms with Crippen LogP contribution >= 0.6 is 0 Å². The van der Waals surface area contributed by atoms with Crippen molar-refractivity contribution in [2.24, 2.45) is 0 Å². The van der Waals surface area contributed by atoms with Gasteiger partial charge >= 0.3 is 0 Å². The van der Waals surface area contributed by atoms with Crippen LogP contribution in [-0.2, 0) is 14.3 Å². The Morgan fingerprint density at radius 2 is 1.82 bits per heavy atom. The molecular formula is C13H27NO3. The van der Waals surface area contributed by atoms with Crippen LogP contribution in [0.3, 0.4) is 0 Å². The van der Waals surface area contributed by atoms with Crippen LogP contribution in [0.15, 0.2) is 0 Å². The molecular weight excluding hydrogens is 218 g/mol. The molecule has 0 radical (unpaired) electrons. The van der Waals surface area contributed by atoms with E-state index in [1.807, 2.05) is 6.92 Å². The van der Waals surface area contributed by atoms with Gasteiger partial charge in [0.05, 0.1) is 13.2 Å². The van der Waals surface area contributed by atoms with E-state index in [1.54, 1.807) is 0 Å². The van der Waals surface area contributed by atoms with Crippen molar-refractivity contribution in [3.8, 4) is 0 Å². The molecule has 0 fully saturated rings. The molecule has 0 aromatic heterocycles. The first-order chi connectivity index (χ1) is 8.07. The lowest BCUT2D eigenvalue weighted by Gasteiger charge is -2.20. The van der Waals surface area contributed by atoms with Crippen molar-refractivity contribution >= 4 is 5.78 Å². The summed E-state index contributed by atoms with van der Waals surface area (Å²) in [5.41, 5.74) is 0. The van der Waals surface area contributed by atoms with Gasteiger partial charge in [-0.2, -0.15) is 0 Å². The monoisotopic (exact) mass is 245 g/mol. The molecule has 0 atom stereocenters. The Balaban J connectivity index is 3.16. The van der Waals surface area contributed by atoms with Crippen LogP contribution in [0.4, 0.5) is 0 Å². The Hall–Kier alpha value is -0.450. The van der Waals surface area contributed by atoms with E-state index in [-0.39, 0.29) is 12.4 Å². The molecule has 17 heavy (non-hydrogen) atoms. The summed E-state index contributed by atoms with van der Waals surface area (Å²) in [6.07, 6.45) is 1.57. The van der Waals surface area contributed by atoms with Gasteiger partial charge in [-0.3, -0.25) is 4.79 Å². The van der Waals surface area contributed by atoms with E-state index in [4.69, 9.17) is 9.47 Å². The lowest BCUT2D eigenvalue weighted by molar-refractivity contribution is -0.123. The molecule has 4 nitrogen and oxygen atoms in total.